The van der Waals surface area contributed by atoms with Gasteiger partial charge in [-0.3, -0.25) is 4.57 Å². The average Bonchev–Trinajstić information content (AvgIpc) is 4.12. The van der Waals surface area contributed by atoms with Crippen molar-refractivity contribution in [2.24, 2.45) is 0 Å². The Morgan fingerprint density at radius 2 is 0.903 bits per heavy atom. The summed E-state index contributed by atoms with van der Waals surface area (Å²) in [5.74, 6) is 1.57. The predicted molar refractivity (Wildman–Crippen MR) is 259 cm³/mol. The van der Waals surface area contributed by atoms with Crippen molar-refractivity contribution < 1.29 is 0 Å². The Morgan fingerprint density at radius 3 is 1.68 bits per heavy atom. The molecule has 13 aromatic rings. The molecule has 6 heteroatoms. The van der Waals surface area contributed by atoms with Gasteiger partial charge < -0.3 is 9.13 Å². The molecule has 0 radical (unpaired) electrons. The molecule has 0 N–H and O–H groups in total. The fourth-order valence-corrected chi connectivity index (χ4v) is 11.0. The molecule has 0 aliphatic heterocycles. The lowest BCUT2D eigenvalue weighted by atomic mass is 10.0. The highest BCUT2D eigenvalue weighted by Gasteiger charge is 2.25. The highest BCUT2D eigenvalue weighted by Crippen LogP contribution is 2.46. The second-order valence-electron chi connectivity index (χ2n) is 15.8. The minimum Gasteiger partial charge on any atom is -0.309 e. The third-order valence-corrected chi connectivity index (χ3v) is 13.6. The standard InChI is InChI=1S/C56H35N5S/c1-3-18-36(19-4-1)55-57-58-56(59(55)37-20-5-2-6-21-37)45-28-17-27-42-40-24-9-14-31-48(40)61(53(42)45)47-30-13-8-23-39(47)38-22-7-12-29-46(38)60-49-32-15-10-26-44(49)52-50(60)35-34-43-41-25-11-16-33-51(41)62-54(43)52/h1-35H. The summed E-state index contributed by atoms with van der Waals surface area (Å²) in [5.41, 5.74) is 12.1. The van der Waals surface area contributed by atoms with Crippen molar-refractivity contribution in [3.8, 4) is 51.0 Å². The van der Waals surface area contributed by atoms with Crippen molar-refractivity contribution in [1.82, 2.24) is 23.9 Å². The van der Waals surface area contributed by atoms with E-state index in [4.69, 9.17) is 10.2 Å². The monoisotopic (exact) mass is 809 g/mol. The Morgan fingerprint density at radius 1 is 0.339 bits per heavy atom. The number of rotatable bonds is 6. The molecule has 0 saturated carbocycles. The smallest absolute Gasteiger partial charge is 0.171 e. The Kier molecular flexibility index (Phi) is 7.71. The third-order valence-electron chi connectivity index (χ3n) is 12.4. The maximum absolute atomic E-state index is 5.01. The van der Waals surface area contributed by atoms with Gasteiger partial charge in [0, 0.05) is 69.7 Å². The van der Waals surface area contributed by atoms with Crippen LogP contribution in [-0.4, -0.2) is 23.9 Å². The van der Waals surface area contributed by atoms with Crippen molar-refractivity contribution in [2.45, 2.75) is 0 Å². The number of fused-ring (bicyclic) bond motifs is 10. The van der Waals surface area contributed by atoms with E-state index in [9.17, 15) is 0 Å². The highest BCUT2D eigenvalue weighted by atomic mass is 32.1. The molecular formula is C56H35N5S. The van der Waals surface area contributed by atoms with E-state index in [1.807, 2.05) is 23.5 Å². The van der Waals surface area contributed by atoms with E-state index in [2.05, 4.69) is 214 Å². The van der Waals surface area contributed by atoms with E-state index in [1.54, 1.807) is 0 Å². The molecule has 62 heavy (non-hydrogen) atoms. The molecule has 13 rings (SSSR count). The summed E-state index contributed by atoms with van der Waals surface area (Å²) >= 11 is 1.89. The fourth-order valence-electron chi connectivity index (χ4n) is 9.79. The van der Waals surface area contributed by atoms with Gasteiger partial charge in [0.1, 0.15) is 0 Å². The van der Waals surface area contributed by atoms with Crippen LogP contribution in [0.2, 0.25) is 0 Å². The lowest BCUT2D eigenvalue weighted by molar-refractivity contribution is 1.07. The average molecular weight is 810 g/mol. The highest BCUT2D eigenvalue weighted by molar-refractivity contribution is 7.26. The predicted octanol–water partition coefficient (Wildman–Crippen LogP) is 14.8. The van der Waals surface area contributed by atoms with Crippen molar-refractivity contribution in [2.75, 3.05) is 0 Å². The van der Waals surface area contributed by atoms with E-state index in [1.165, 1.54) is 47.4 Å². The first-order valence-corrected chi connectivity index (χ1v) is 21.7. The zero-order valence-corrected chi connectivity index (χ0v) is 34.2. The first-order chi connectivity index (χ1) is 30.8. The zero-order chi connectivity index (χ0) is 40.7. The van der Waals surface area contributed by atoms with Crippen LogP contribution in [0, 0.1) is 0 Å². The summed E-state index contributed by atoms with van der Waals surface area (Å²) in [6, 6.07) is 76.1. The number of aromatic nitrogens is 5. The largest absolute Gasteiger partial charge is 0.309 e. The van der Waals surface area contributed by atoms with Crippen LogP contribution in [0.3, 0.4) is 0 Å². The molecule has 0 spiro atoms. The Labute approximate surface area is 360 Å². The summed E-state index contributed by atoms with van der Waals surface area (Å²) in [6.07, 6.45) is 0. The molecule has 0 saturated heterocycles. The van der Waals surface area contributed by atoms with E-state index in [-0.39, 0.29) is 0 Å². The van der Waals surface area contributed by atoms with Gasteiger partial charge in [0.2, 0.25) is 0 Å². The normalized spacial score (nSPS) is 11.9. The number of benzene rings is 9. The molecule has 0 atom stereocenters. The Balaban J connectivity index is 1.09. The summed E-state index contributed by atoms with van der Waals surface area (Å²) in [5, 5.41) is 17.4. The second kappa shape index (κ2) is 13.7. The molecule has 0 aliphatic carbocycles. The van der Waals surface area contributed by atoms with E-state index >= 15 is 0 Å². The number of hydrogen-bond acceptors (Lipinski definition) is 3. The minimum absolute atomic E-state index is 0.778. The zero-order valence-electron chi connectivity index (χ0n) is 33.4. The topological polar surface area (TPSA) is 40.6 Å². The Hall–Kier alpha value is -8.06. The summed E-state index contributed by atoms with van der Waals surface area (Å²) in [4.78, 5) is 0. The molecule has 0 bridgehead atoms. The first-order valence-electron chi connectivity index (χ1n) is 20.9. The van der Waals surface area contributed by atoms with E-state index in [0.29, 0.717) is 0 Å². The maximum Gasteiger partial charge on any atom is 0.171 e. The molecule has 0 aliphatic rings. The number of para-hydroxylation sites is 6. The van der Waals surface area contributed by atoms with E-state index < -0.39 is 0 Å². The van der Waals surface area contributed by atoms with Crippen molar-refractivity contribution in [3.63, 3.8) is 0 Å². The van der Waals surface area contributed by atoms with Crippen molar-refractivity contribution >= 4 is 75.1 Å². The van der Waals surface area contributed by atoms with Gasteiger partial charge in [-0.15, -0.1) is 21.5 Å². The van der Waals surface area contributed by atoms with Crippen LogP contribution in [0.15, 0.2) is 212 Å². The van der Waals surface area contributed by atoms with Crippen molar-refractivity contribution in [3.05, 3.63) is 212 Å². The van der Waals surface area contributed by atoms with Gasteiger partial charge in [0.05, 0.1) is 33.4 Å². The van der Waals surface area contributed by atoms with Crippen LogP contribution in [0.5, 0.6) is 0 Å². The lowest BCUT2D eigenvalue weighted by Crippen LogP contribution is -2.03. The van der Waals surface area contributed by atoms with Crippen LogP contribution >= 0.6 is 11.3 Å². The van der Waals surface area contributed by atoms with E-state index in [0.717, 1.165) is 67.4 Å². The lowest BCUT2D eigenvalue weighted by Gasteiger charge is -2.19. The van der Waals surface area contributed by atoms with Crippen LogP contribution in [0.1, 0.15) is 0 Å². The van der Waals surface area contributed by atoms with Crippen LogP contribution in [-0.2, 0) is 0 Å². The van der Waals surface area contributed by atoms with Gasteiger partial charge in [-0.2, -0.15) is 0 Å². The van der Waals surface area contributed by atoms with Gasteiger partial charge in [-0.25, -0.2) is 0 Å². The molecule has 9 aromatic carbocycles. The quantitative estimate of drug-likeness (QED) is 0.168. The molecule has 0 fully saturated rings. The van der Waals surface area contributed by atoms with Gasteiger partial charge >= 0.3 is 0 Å². The van der Waals surface area contributed by atoms with Crippen LogP contribution in [0.25, 0.3) is 115 Å². The van der Waals surface area contributed by atoms with Gasteiger partial charge in [0.25, 0.3) is 0 Å². The summed E-state index contributed by atoms with van der Waals surface area (Å²) in [6.45, 7) is 0. The molecule has 290 valence electrons. The van der Waals surface area contributed by atoms with Crippen molar-refractivity contribution in [1.29, 1.82) is 0 Å². The fraction of sp³-hybridized carbons (Fsp3) is 0. The SMILES string of the molecule is c1ccc(-c2nnc(-c3cccc4c5ccccc5n(-c5ccccc5-c5ccccc5-n5c6ccccc6c6c7sc8ccccc8c7ccc65)c34)n2-c2ccccc2)cc1. The third kappa shape index (κ3) is 5.08. The summed E-state index contributed by atoms with van der Waals surface area (Å²) < 4.78 is 9.76. The maximum atomic E-state index is 5.01. The molecule has 0 amide bonds. The minimum atomic E-state index is 0.778. The number of hydrogen-bond donors (Lipinski definition) is 0. The Bertz CT molecular complexity index is 3870. The number of thiophene rings is 1. The molecule has 5 nitrogen and oxygen atoms in total. The first kappa shape index (κ1) is 34.8. The molecule has 4 aromatic heterocycles. The molecule has 0 unspecified atom stereocenters. The molecule has 4 heterocycles. The van der Waals surface area contributed by atoms with Gasteiger partial charge in [0.15, 0.2) is 11.6 Å². The van der Waals surface area contributed by atoms with Crippen LogP contribution in [0.4, 0.5) is 0 Å². The van der Waals surface area contributed by atoms with Gasteiger partial charge in [-0.1, -0.05) is 158 Å². The number of nitrogens with zero attached hydrogens (tertiary/aromatic N) is 5. The second-order valence-corrected chi connectivity index (χ2v) is 16.8. The van der Waals surface area contributed by atoms with Crippen LogP contribution < -0.4 is 0 Å². The van der Waals surface area contributed by atoms with Gasteiger partial charge in [-0.05, 0) is 54.6 Å². The molecular weight excluding hydrogens is 775 g/mol. The summed E-state index contributed by atoms with van der Waals surface area (Å²) in [7, 11) is 0.